The first-order chi connectivity index (χ1) is 7.63. The summed E-state index contributed by atoms with van der Waals surface area (Å²) in [6, 6.07) is 5.04. The molecule has 2 heterocycles. The van der Waals surface area contributed by atoms with Crippen molar-refractivity contribution in [3.8, 4) is 0 Å². The molecule has 0 bridgehead atoms. The minimum Gasteiger partial charge on any atom is -0.384 e. The number of nitrogens with two attached hydrogens (primary N) is 3. The first kappa shape index (κ1) is 10.5. The summed E-state index contributed by atoms with van der Waals surface area (Å²) in [5.74, 6) is 1.14. The zero-order valence-electron chi connectivity index (χ0n) is 8.29. The van der Waals surface area contributed by atoms with E-state index in [4.69, 9.17) is 17.2 Å². The van der Waals surface area contributed by atoms with Crippen molar-refractivity contribution in [2.24, 2.45) is 0 Å². The van der Waals surface area contributed by atoms with Crippen LogP contribution in [0.15, 0.2) is 34.4 Å². The van der Waals surface area contributed by atoms with Gasteiger partial charge in [-0.15, -0.1) is 0 Å². The highest BCUT2D eigenvalue weighted by atomic mass is 32.2. The lowest BCUT2D eigenvalue weighted by molar-refractivity contribution is 0.984. The van der Waals surface area contributed by atoms with Gasteiger partial charge < -0.3 is 17.2 Å². The molecule has 0 saturated heterocycles. The van der Waals surface area contributed by atoms with Gasteiger partial charge in [-0.2, -0.15) is 0 Å². The molecule has 0 aliphatic heterocycles. The smallest absolute Gasteiger partial charge is 0.196 e. The molecule has 0 radical (unpaired) electrons. The normalized spacial score (nSPS) is 10.2. The number of nitrogens with zero attached hydrogens (tertiary/aromatic N) is 3. The van der Waals surface area contributed by atoms with Crippen LogP contribution in [0, 0.1) is 0 Å². The lowest BCUT2D eigenvalue weighted by Crippen LogP contribution is -1.99. The second kappa shape index (κ2) is 4.23. The molecular weight excluding hydrogens is 224 g/mol. The van der Waals surface area contributed by atoms with E-state index in [1.807, 2.05) is 6.07 Å². The van der Waals surface area contributed by atoms with E-state index in [2.05, 4.69) is 15.0 Å². The Morgan fingerprint density at radius 1 is 0.938 bits per heavy atom. The molecule has 16 heavy (non-hydrogen) atoms. The van der Waals surface area contributed by atoms with E-state index in [0.29, 0.717) is 22.6 Å². The van der Waals surface area contributed by atoms with Crippen LogP contribution in [-0.2, 0) is 0 Å². The Morgan fingerprint density at radius 3 is 2.25 bits per heavy atom. The fourth-order valence-electron chi connectivity index (χ4n) is 1.10. The topological polar surface area (TPSA) is 117 Å². The Labute approximate surface area is 96.3 Å². The Kier molecular flexibility index (Phi) is 2.78. The maximum Gasteiger partial charge on any atom is 0.196 e. The summed E-state index contributed by atoms with van der Waals surface area (Å²) >= 11 is 1.33. The summed E-state index contributed by atoms with van der Waals surface area (Å²) in [5, 5.41) is 0.489. The summed E-state index contributed by atoms with van der Waals surface area (Å²) in [6.07, 6.45) is 1.62. The van der Waals surface area contributed by atoms with Crippen molar-refractivity contribution in [3.05, 3.63) is 24.4 Å². The van der Waals surface area contributed by atoms with E-state index in [9.17, 15) is 0 Å². The summed E-state index contributed by atoms with van der Waals surface area (Å²) < 4.78 is 0. The number of pyridine rings is 1. The SMILES string of the molecule is Nc1cc(Sc2nc(N)cc(N)n2)ccn1. The zero-order valence-corrected chi connectivity index (χ0v) is 9.11. The second-order valence-corrected chi connectivity index (χ2v) is 4.06. The van der Waals surface area contributed by atoms with Crippen LogP contribution in [0.4, 0.5) is 17.5 Å². The van der Waals surface area contributed by atoms with Gasteiger partial charge in [0.05, 0.1) is 0 Å². The molecule has 0 spiro atoms. The molecule has 0 saturated carbocycles. The Morgan fingerprint density at radius 2 is 1.62 bits per heavy atom. The van der Waals surface area contributed by atoms with Gasteiger partial charge in [0.2, 0.25) is 0 Å². The molecule has 2 rings (SSSR count). The average molecular weight is 234 g/mol. The molecule has 0 aliphatic carbocycles. The van der Waals surface area contributed by atoms with Crippen LogP contribution in [0.2, 0.25) is 0 Å². The van der Waals surface area contributed by atoms with Crippen LogP contribution < -0.4 is 17.2 Å². The van der Waals surface area contributed by atoms with Gasteiger partial charge in [0, 0.05) is 17.2 Å². The summed E-state index contributed by atoms with van der Waals surface area (Å²) in [4.78, 5) is 12.9. The highest BCUT2D eigenvalue weighted by Crippen LogP contribution is 2.26. The molecule has 0 aliphatic rings. The van der Waals surface area contributed by atoms with E-state index in [1.54, 1.807) is 12.3 Å². The van der Waals surface area contributed by atoms with Crippen molar-refractivity contribution in [3.63, 3.8) is 0 Å². The van der Waals surface area contributed by atoms with Crippen molar-refractivity contribution in [1.82, 2.24) is 15.0 Å². The maximum absolute atomic E-state index is 5.56. The minimum atomic E-state index is 0.344. The average Bonchev–Trinajstić information content (AvgIpc) is 2.15. The predicted octanol–water partition coefficient (Wildman–Crippen LogP) is 0.769. The molecule has 0 unspecified atom stereocenters. The molecule has 0 amide bonds. The summed E-state index contributed by atoms with van der Waals surface area (Å²) in [7, 11) is 0. The monoisotopic (exact) mass is 234 g/mol. The molecular formula is C9H10N6S. The van der Waals surface area contributed by atoms with Crippen molar-refractivity contribution < 1.29 is 0 Å². The quantitative estimate of drug-likeness (QED) is 0.657. The fourth-order valence-corrected chi connectivity index (χ4v) is 1.93. The standard InChI is InChI=1S/C9H10N6S/c10-6-3-5(1-2-13-6)16-9-14-7(11)4-8(12)15-9/h1-4H,(H2,10,13)(H4,11,12,14,15). The Bertz CT molecular complexity index is 495. The van der Waals surface area contributed by atoms with E-state index < -0.39 is 0 Å². The van der Waals surface area contributed by atoms with Crippen molar-refractivity contribution in [2.75, 3.05) is 17.2 Å². The van der Waals surface area contributed by atoms with Crippen LogP contribution in [0.25, 0.3) is 0 Å². The van der Waals surface area contributed by atoms with Crippen LogP contribution in [0.5, 0.6) is 0 Å². The van der Waals surface area contributed by atoms with Crippen molar-refractivity contribution in [2.45, 2.75) is 10.1 Å². The molecule has 2 aromatic rings. The van der Waals surface area contributed by atoms with Crippen LogP contribution in [0.3, 0.4) is 0 Å². The van der Waals surface area contributed by atoms with Gasteiger partial charge >= 0.3 is 0 Å². The minimum absolute atomic E-state index is 0.344. The largest absolute Gasteiger partial charge is 0.384 e. The third-order valence-corrected chi connectivity index (χ3v) is 2.56. The predicted molar refractivity (Wildman–Crippen MR) is 63.6 cm³/mol. The van der Waals surface area contributed by atoms with Crippen molar-refractivity contribution >= 4 is 29.2 Å². The first-order valence-corrected chi connectivity index (χ1v) is 5.24. The van der Waals surface area contributed by atoms with Crippen LogP contribution in [-0.4, -0.2) is 15.0 Å². The van der Waals surface area contributed by atoms with E-state index in [0.717, 1.165) is 4.90 Å². The molecule has 0 aromatic carbocycles. The zero-order chi connectivity index (χ0) is 11.5. The molecule has 82 valence electrons. The third kappa shape index (κ3) is 2.51. The van der Waals surface area contributed by atoms with Gasteiger partial charge in [-0.1, -0.05) is 0 Å². The van der Waals surface area contributed by atoms with Crippen LogP contribution >= 0.6 is 11.8 Å². The second-order valence-electron chi connectivity index (χ2n) is 3.02. The summed E-state index contributed by atoms with van der Waals surface area (Å²) in [6.45, 7) is 0. The van der Waals surface area contributed by atoms with Crippen LogP contribution in [0.1, 0.15) is 0 Å². The maximum atomic E-state index is 5.56. The van der Waals surface area contributed by atoms with Gasteiger partial charge in [-0.25, -0.2) is 15.0 Å². The highest BCUT2D eigenvalue weighted by Gasteiger charge is 2.03. The number of anilines is 3. The van der Waals surface area contributed by atoms with Gasteiger partial charge in [0.1, 0.15) is 17.5 Å². The summed E-state index contributed by atoms with van der Waals surface area (Å²) in [5.41, 5.74) is 16.7. The molecule has 0 fully saturated rings. The Balaban J connectivity index is 2.27. The number of aromatic nitrogens is 3. The van der Waals surface area contributed by atoms with Gasteiger partial charge in [0.15, 0.2) is 5.16 Å². The molecule has 2 aromatic heterocycles. The Hall–Kier alpha value is -2.02. The van der Waals surface area contributed by atoms with E-state index in [1.165, 1.54) is 17.8 Å². The molecule has 0 atom stereocenters. The molecule has 6 nitrogen and oxygen atoms in total. The number of nitrogen functional groups attached to an aromatic ring is 3. The number of hydrogen-bond donors (Lipinski definition) is 3. The molecule has 7 heteroatoms. The number of hydrogen-bond acceptors (Lipinski definition) is 7. The fraction of sp³-hybridized carbons (Fsp3) is 0. The number of rotatable bonds is 2. The van der Waals surface area contributed by atoms with Gasteiger partial charge in [-0.05, 0) is 23.9 Å². The lowest BCUT2D eigenvalue weighted by atomic mass is 10.5. The van der Waals surface area contributed by atoms with Gasteiger partial charge in [0.25, 0.3) is 0 Å². The van der Waals surface area contributed by atoms with Gasteiger partial charge in [-0.3, -0.25) is 0 Å². The molecule has 6 N–H and O–H groups in total. The van der Waals surface area contributed by atoms with E-state index in [-0.39, 0.29) is 0 Å². The first-order valence-electron chi connectivity index (χ1n) is 4.43. The lowest BCUT2D eigenvalue weighted by Gasteiger charge is -2.02. The van der Waals surface area contributed by atoms with Crippen molar-refractivity contribution in [1.29, 1.82) is 0 Å². The van der Waals surface area contributed by atoms with E-state index >= 15 is 0 Å². The third-order valence-electron chi connectivity index (χ3n) is 1.71. The highest BCUT2D eigenvalue weighted by molar-refractivity contribution is 7.99.